The zero-order chi connectivity index (χ0) is 15.5. The lowest BCUT2D eigenvalue weighted by Crippen LogP contribution is -2.24. The third-order valence-corrected chi connectivity index (χ3v) is 4.85. The summed E-state index contributed by atoms with van der Waals surface area (Å²) in [6.45, 7) is 9.11. The van der Waals surface area contributed by atoms with Crippen molar-refractivity contribution in [3.8, 4) is 0 Å². The first-order valence-corrected chi connectivity index (χ1v) is 9.46. The summed E-state index contributed by atoms with van der Waals surface area (Å²) in [5, 5.41) is 3.62. The molecule has 2 heteroatoms. The molecule has 120 valence electrons. The monoisotopic (exact) mass is 353 g/mol. The molecule has 21 heavy (non-hydrogen) atoms. The second-order valence-electron chi connectivity index (χ2n) is 6.10. The van der Waals surface area contributed by atoms with Crippen molar-refractivity contribution in [1.29, 1.82) is 0 Å². The van der Waals surface area contributed by atoms with Gasteiger partial charge in [-0.05, 0) is 48.9 Å². The zero-order valence-electron chi connectivity index (χ0n) is 14.0. The molecule has 1 aromatic rings. The van der Waals surface area contributed by atoms with Crippen molar-refractivity contribution < 1.29 is 0 Å². The highest BCUT2D eigenvalue weighted by molar-refractivity contribution is 9.10. The molecule has 1 N–H and O–H groups in total. The number of benzene rings is 1. The van der Waals surface area contributed by atoms with E-state index in [-0.39, 0.29) is 0 Å². The predicted molar refractivity (Wildman–Crippen MR) is 98.0 cm³/mol. The molecule has 0 amide bonds. The molecule has 0 aliphatic rings. The highest BCUT2D eigenvalue weighted by Crippen LogP contribution is 2.29. The predicted octanol–water partition coefficient (Wildman–Crippen LogP) is 6.14. The number of rotatable bonds is 11. The molecule has 0 aliphatic carbocycles. The van der Waals surface area contributed by atoms with Crippen LogP contribution in [0.25, 0.3) is 0 Å². The Balaban J connectivity index is 2.68. The molecule has 0 bridgehead atoms. The van der Waals surface area contributed by atoms with Crippen molar-refractivity contribution in [2.75, 3.05) is 13.1 Å². The van der Waals surface area contributed by atoms with E-state index < -0.39 is 0 Å². The minimum absolute atomic E-state index is 0.645. The van der Waals surface area contributed by atoms with Crippen molar-refractivity contribution in [3.05, 3.63) is 34.3 Å². The van der Waals surface area contributed by atoms with E-state index in [2.05, 4.69) is 66.3 Å². The number of hydrogen-bond donors (Lipinski definition) is 1. The summed E-state index contributed by atoms with van der Waals surface area (Å²) in [7, 11) is 0. The molecular formula is C19H32BrN. The van der Waals surface area contributed by atoms with E-state index in [1.54, 1.807) is 0 Å². The van der Waals surface area contributed by atoms with Crippen molar-refractivity contribution in [2.24, 2.45) is 5.92 Å². The molecule has 2 atom stereocenters. The number of nitrogens with one attached hydrogen (secondary N) is 1. The third-order valence-electron chi connectivity index (χ3n) is 4.32. The Morgan fingerprint density at radius 2 is 1.76 bits per heavy atom. The normalized spacial score (nSPS) is 14.1. The minimum atomic E-state index is 0.645. The van der Waals surface area contributed by atoms with Gasteiger partial charge in [-0.1, -0.05) is 74.5 Å². The van der Waals surface area contributed by atoms with Crippen LogP contribution in [-0.4, -0.2) is 13.1 Å². The fourth-order valence-corrected chi connectivity index (χ4v) is 3.17. The number of halogens is 1. The van der Waals surface area contributed by atoms with Gasteiger partial charge in [0, 0.05) is 11.0 Å². The van der Waals surface area contributed by atoms with Crippen molar-refractivity contribution in [1.82, 2.24) is 5.32 Å². The van der Waals surface area contributed by atoms with Crippen LogP contribution in [0.15, 0.2) is 28.7 Å². The second kappa shape index (κ2) is 11.3. The average molecular weight is 354 g/mol. The molecule has 0 spiro atoms. The van der Waals surface area contributed by atoms with Gasteiger partial charge in [-0.3, -0.25) is 0 Å². The maximum atomic E-state index is 3.62. The Bertz CT molecular complexity index is 360. The third kappa shape index (κ3) is 7.46. The van der Waals surface area contributed by atoms with E-state index in [4.69, 9.17) is 0 Å². The molecular weight excluding hydrogens is 322 g/mol. The van der Waals surface area contributed by atoms with E-state index in [0.717, 1.165) is 19.0 Å². The Morgan fingerprint density at radius 1 is 1.05 bits per heavy atom. The molecule has 1 rings (SSSR count). The van der Waals surface area contributed by atoms with Gasteiger partial charge in [0.25, 0.3) is 0 Å². The van der Waals surface area contributed by atoms with Crippen molar-refractivity contribution in [2.45, 2.75) is 65.2 Å². The smallest absolute Gasteiger partial charge is 0.0175 e. The molecule has 0 heterocycles. The maximum absolute atomic E-state index is 3.62. The van der Waals surface area contributed by atoms with E-state index in [0.29, 0.717) is 5.92 Å². The van der Waals surface area contributed by atoms with Gasteiger partial charge in [-0.15, -0.1) is 0 Å². The van der Waals surface area contributed by atoms with Crippen LogP contribution in [0.3, 0.4) is 0 Å². The molecule has 1 nitrogen and oxygen atoms in total. The standard InChI is InChI=1S/C19H32BrN/c1-4-7-8-16(6-3)14-18(15-21-13-5-2)17-9-11-19(20)12-10-17/h9-12,16,18,21H,4-8,13-15H2,1-3H3. The first-order valence-electron chi connectivity index (χ1n) is 8.67. The van der Waals surface area contributed by atoms with Gasteiger partial charge in [0.2, 0.25) is 0 Å². The van der Waals surface area contributed by atoms with Crippen LogP contribution in [0, 0.1) is 5.92 Å². The summed E-state index contributed by atoms with van der Waals surface area (Å²) in [5.74, 6) is 1.51. The fourth-order valence-electron chi connectivity index (χ4n) is 2.91. The lowest BCUT2D eigenvalue weighted by molar-refractivity contribution is 0.376. The van der Waals surface area contributed by atoms with E-state index in [9.17, 15) is 0 Å². The summed E-state index contributed by atoms with van der Waals surface area (Å²) in [5.41, 5.74) is 1.48. The van der Waals surface area contributed by atoms with Gasteiger partial charge >= 0.3 is 0 Å². The Kier molecular flexibility index (Phi) is 10.0. The van der Waals surface area contributed by atoms with Gasteiger partial charge < -0.3 is 5.32 Å². The molecule has 2 unspecified atom stereocenters. The number of unbranched alkanes of at least 4 members (excludes halogenated alkanes) is 1. The van der Waals surface area contributed by atoms with Crippen LogP contribution in [0.5, 0.6) is 0 Å². The summed E-state index contributed by atoms with van der Waals surface area (Å²) in [6.07, 6.45) is 7.89. The van der Waals surface area contributed by atoms with Gasteiger partial charge in [-0.2, -0.15) is 0 Å². The van der Waals surface area contributed by atoms with Crippen LogP contribution in [0.4, 0.5) is 0 Å². The highest BCUT2D eigenvalue weighted by atomic mass is 79.9. The molecule has 0 saturated heterocycles. The Hall–Kier alpha value is -0.340. The van der Waals surface area contributed by atoms with Gasteiger partial charge in [0.1, 0.15) is 0 Å². The lowest BCUT2D eigenvalue weighted by atomic mass is 9.85. The minimum Gasteiger partial charge on any atom is -0.316 e. The fraction of sp³-hybridized carbons (Fsp3) is 0.684. The van der Waals surface area contributed by atoms with Crippen molar-refractivity contribution >= 4 is 15.9 Å². The lowest BCUT2D eigenvalue weighted by Gasteiger charge is -2.24. The van der Waals surface area contributed by atoms with Gasteiger partial charge in [0.15, 0.2) is 0 Å². The Morgan fingerprint density at radius 3 is 2.33 bits per heavy atom. The second-order valence-corrected chi connectivity index (χ2v) is 7.02. The topological polar surface area (TPSA) is 12.0 Å². The Labute approximate surface area is 140 Å². The first-order chi connectivity index (χ1) is 10.2. The van der Waals surface area contributed by atoms with Crippen LogP contribution >= 0.6 is 15.9 Å². The molecule has 0 radical (unpaired) electrons. The average Bonchev–Trinajstić information content (AvgIpc) is 2.51. The van der Waals surface area contributed by atoms with Crippen LogP contribution < -0.4 is 5.32 Å². The van der Waals surface area contributed by atoms with Crippen LogP contribution in [0.1, 0.15) is 70.8 Å². The largest absolute Gasteiger partial charge is 0.316 e. The first kappa shape index (κ1) is 18.7. The van der Waals surface area contributed by atoms with Crippen LogP contribution in [0.2, 0.25) is 0 Å². The van der Waals surface area contributed by atoms with E-state index >= 15 is 0 Å². The zero-order valence-corrected chi connectivity index (χ0v) is 15.6. The molecule has 0 fully saturated rings. The van der Waals surface area contributed by atoms with E-state index in [1.807, 2.05) is 0 Å². The summed E-state index contributed by atoms with van der Waals surface area (Å²) >= 11 is 3.54. The van der Waals surface area contributed by atoms with Crippen LogP contribution in [-0.2, 0) is 0 Å². The summed E-state index contributed by atoms with van der Waals surface area (Å²) < 4.78 is 1.17. The maximum Gasteiger partial charge on any atom is 0.0175 e. The number of hydrogen-bond acceptors (Lipinski definition) is 1. The van der Waals surface area contributed by atoms with Crippen molar-refractivity contribution in [3.63, 3.8) is 0 Å². The molecule has 0 aliphatic heterocycles. The SMILES string of the molecule is CCCCC(CC)CC(CNCCC)c1ccc(Br)cc1. The van der Waals surface area contributed by atoms with E-state index in [1.165, 1.54) is 48.6 Å². The molecule has 0 aromatic heterocycles. The van der Waals surface area contributed by atoms with Gasteiger partial charge in [-0.25, -0.2) is 0 Å². The summed E-state index contributed by atoms with van der Waals surface area (Å²) in [4.78, 5) is 0. The highest BCUT2D eigenvalue weighted by Gasteiger charge is 2.16. The molecule has 0 saturated carbocycles. The quantitative estimate of drug-likeness (QED) is 0.471. The molecule has 1 aromatic carbocycles. The van der Waals surface area contributed by atoms with Gasteiger partial charge in [0.05, 0.1) is 0 Å². The summed E-state index contributed by atoms with van der Waals surface area (Å²) in [6, 6.07) is 8.92.